The molecule has 6 nitrogen and oxygen atoms in total. The molecule has 0 N–H and O–H groups in total. The van der Waals surface area contributed by atoms with Crippen molar-refractivity contribution in [3.05, 3.63) is 41.2 Å². The Kier molecular flexibility index (Phi) is 6.95. The van der Waals surface area contributed by atoms with E-state index in [1.165, 1.54) is 7.11 Å². The highest BCUT2D eigenvalue weighted by Crippen LogP contribution is 2.40. The summed E-state index contributed by atoms with van der Waals surface area (Å²) in [5.74, 6) is 1.13. The first kappa shape index (κ1) is 22.7. The Balaban J connectivity index is 2.26. The molecule has 0 fully saturated rings. The van der Waals surface area contributed by atoms with E-state index in [1.54, 1.807) is 11.8 Å². The predicted octanol–water partition coefficient (Wildman–Crippen LogP) is 4.93. The molecular weight excluding hydrogens is 384 g/mol. The van der Waals surface area contributed by atoms with Crippen molar-refractivity contribution in [1.29, 1.82) is 0 Å². The number of nitrogens with zero attached hydrogens (tertiary/aromatic N) is 2. The summed E-state index contributed by atoms with van der Waals surface area (Å²) in [4.78, 5) is 11.6. The van der Waals surface area contributed by atoms with Crippen LogP contribution in [0.1, 0.15) is 37.7 Å². The van der Waals surface area contributed by atoms with Crippen molar-refractivity contribution >= 4 is 26.4 Å². The molecule has 0 bridgehead atoms. The van der Waals surface area contributed by atoms with Gasteiger partial charge in [-0.1, -0.05) is 32.9 Å². The number of methoxy groups -OCH3 is 2. The second-order valence-electron chi connectivity index (χ2n) is 8.55. The van der Waals surface area contributed by atoms with Gasteiger partial charge in [-0.15, -0.1) is 0 Å². The summed E-state index contributed by atoms with van der Waals surface area (Å²) in [5.41, 5.74) is 2.63. The average Bonchev–Trinajstić information content (AvgIpc) is 2.98. The third kappa shape index (κ3) is 5.73. The van der Waals surface area contributed by atoms with Crippen molar-refractivity contribution in [2.75, 3.05) is 14.2 Å². The predicted molar refractivity (Wildman–Crippen MR) is 119 cm³/mol. The zero-order chi connectivity index (χ0) is 21.8. The Morgan fingerprint density at radius 1 is 1.14 bits per heavy atom. The molecular formula is C22H32N2O4Si. The third-order valence-electron chi connectivity index (χ3n) is 5.25. The highest BCUT2D eigenvalue weighted by molar-refractivity contribution is 6.74. The Morgan fingerprint density at radius 3 is 2.41 bits per heavy atom. The van der Waals surface area contributed by atoms with E-state index in [9.17, 15) is 4.79 Å². The zero-order valence-corrected chi connectivity index (χ0v) is 19.7. The maximum Gasteiger partial charge on any atom is 0.327 e. The average molecular weight is 417 g/mol. The number of hydrogen-bond donors (Lipinski definition) is 0. The van der Waals surface area contributed by atoms with Crippen molar-refractivity contribution in [3.8, 4) is 11.5 Å². The highest BCUT2D eigenvalue weighted by atomic mass is 28.4. The van der Waals surface area contributed by atoms with Crippen LogP contribution in [-0.2, 0) is 16.1 Å². The number of benzene rings is 1. The first-order valence-electron chi connectivity index (χ1n) is 9.63. The molecule has 1 aromatic heterocycles. The SMILES string of the molecule is COC(=O)Cn1nc(C)cc1C=Cc1ccc(O[Si](C)(C)C(C)(C)C)c(OC)c1. The topological polar surface area (TPSA) is 62.6 Å². The summed E-state index contributed by atoms with van der Waals surface area (Å²) >= 11 is 0. The molecule has 0 radical (unpaired) electrons. The Bertz CT molecular complexity index is 895. The summed E-state index contributed by atoms with van der Waals surface area (Å²) in [5, 5.41) is 4.45. The van der Waals surface area contributed by atoms with Gasteiger partial charge in [-0.2, -0.15) is 5.10 Å². The number of carbonyl (C=O) groups is 1. The van der Waals surface area contributed by atoms with Crippen LogP contribution in [-0.4, -0.2) is 38.3 Å². The molecule has 0 aliphatic heterocycles. The van der Waals surface area contributed by atoms with Crippen LogP contribution in [0.3, 0.4) is 0 Å². The first-order valence-corrected chi connectivity index (χ1v) is 12.5. The van der Waals surface area contributed by atoms with Gasteiger partial charge in [-0.25, -0.2) is 0 Å². The summed E-state index contributed by atoms with van der Waals surface area (Å²) < 4.78 is 18.4. The number of aryl methyl sites for hydroxylation is 1. The molecule has 29 heavy (non-hydrogen) atoms. The number of rotatable bonds is 7. The molecule has 0 saturated heterocycles. The van der Waals surface area contributed by atoms with E-state index in [-0.39, 0.29) is 17.6 Å². The fourth-order valence-corrected chi connectivity index (χ4v) is 3.52. The minimum Gasteiger partial charge on any atom is -0.541 e. The number of hydrogen-bond acceptors (Lipinski definition) is 5. The lowest BCUT2D eigenvalue weighted by Crippen LogP contribution is -2.43. The van der Waals surface area contributed by atoms with Crippen molar-refractivity contribution in [2.45, 2.75) is 52.4 Å². The number of esters is 1. The molecule has 1 heterocycles. The molecule has 0 unspecified atom stereocenters. The maximum absolute atomic E-state index is 11.6. The van der Waals surface area contributed by atoms with Gasteiger partial charge in [-0.3, -0.25) is 9.48 Å². The summed E-state index contributed by atoms with van der Waals surface area (Å²) in [6, 6.07) is 7.82. The van der Waals surface area contributed by atoms with Gasteiger partial charge >= 0.3 is 5.97 Å². The Labute approximate surface area is 174 Å². The van der Waals surface area contributed by atoms with Crippen LogP contribution in [0.25, 0.3) is 12.2 Å². The third-order valence-corrected chi connectivity index (χ3v) is 9.59. The minimum absolute atomic E-state index is 0.0760. The van der Waals surface area contributed by atoms with Gasteiger partial charge in [0.1, 0.15) is 12.3 Å². The Hall–Kier alpha value is -2.54. The fourth-order valence-electron chi connectivity index (χ4n) is 2.49. The van der Waals surface area contributed by atoms with E-state index in [2.05, 4.69) is 39.0 Å². The van der Waals surface area contributed by atoms with Gasteiger partial charge in [0.05, 0.1) is 25.6 Å². The van der Waals surface area contributed by atoms with Gasteiger partial charge in [-0.05, 0) is 54.9 Å². The Morgan fingerprint density at radius 2 is 1.83 bits per heavy atom. The van der Waals surface area contributed by atoms with Crippen molar-refractivity contribution in [3.63, 3.8) is 0 Å². The van der Waals surface area contributed by atoms with Gasteiger partial charge in [0.25, 0.3) is 8.32 Å². The molecule has 2 rings (SSSR count). The van der Waals surface area contributed by atoms with Gasteiger partial charge in [0, 0.05) is 0 Å². The normalized spacial score (nSPS) is 12.3. The van der Waals surface area contributed by atoms with Crippen LogP contribution in [0.2, 0.25) is 18.1 Å². The van der Waals surface area contributed by atoms with E-state index in [1.807, 2.05) is 43.3 Å². The van der Waals surface area contributed by atoms with Crippen molar-refractivity contribution in [1.82, 2.24) is 9.78 Å². The van der Waals surface area contributed by atoms with Gasteiger partial charge in [0.15, 0.2) is 5.75 Å². The first-order chi connectivity index (χ1) is 13.5. The van der Waals surface area contributed by atoms with E-state index in [0.29, 0.717) is 5.75 Å². The highest BCUT2D eigenvalue weighted by Gasteiger charge is 2.39. The fraction of sp³-hybridized carbons (Fsp3) is 0.455. The van der Waals surface area contributed by atoms with Gasteiger partial charge in [0.2, 0.25) is 0 Å². The largest absolute Gasteiger partial charge is 0.541 e. The molecule has 0 aliphatic rings. The van der Waals surface area contributed by atoms with Crippen molar-refractivity contribution < 1.29 is 18.7 Å². The second kappa shape index (κ2) is 8.86. The van der Waals surface area contributed by atoms with Crippen LogP contribution in [0.15, 0.2) is 24.3 Å². The van der Waals surface area contributed by atoms with E-state index in [0.717, 1.165) is 22.7 Å². The minimum atomic E-state index is -1.96. The number of aromatic nitrogens is 2. The molecule has 0 spiro atoms. The lowest BCUT2D eigenvalue weighted by atomic mass is 10.1. The van der Waals surface area contributed by atoms with Crippen LogP contribution in [0.4, 0.5) is 0 Å². The zero-order valence-electron chi connectivity index (χ0n) is 18.7. The number of ether oxygens (including phenoxy) is 2. The van der Waals surface area contributed by atoms with E-state index in [4.69, 9.17) is 13.9 Å². The van der Waals surface area contributed by atoms with Crippen LogP contribution < -0.4 is 9.16 Å². The summed E-state index contributed by atoms with van der Waals surface area (Å²) in [6.45, 7) is 13.0. The molecule has 0 aliphatic carbocycles. The molecule has 0 saturated carbocycles. The molecule has 0 atom stereocenters. The smallest absolute Gasteiger partial charge is 0.327 e. The molecule has 2 aromatic rings. The van der Waals surface area contributed by atoms with Crippen molar-refractivity contribution in [2.24, 2.45) is 0 Å². The summed E-state index contributed by atoms with van der Waals surface area (Å²) in [6.07, 6.45) is 3.88. The standard InChI is InChI=1S/C22H32N2O4Si/c1-16-13-18(24(23-16)15-21(25)27-6)11-9-17-10-12-19(20(14-17)26-5)28-29(7,8)22(2,3)4/h9-14H,15H2,1-8H3. The van der Waals surface area contributed by atoms with Gasteiger partial charge < -0.3 is 13.9 Å². The lowest BCUT2D eigenvalue weighted by molar-refractivity contribution is -0.141. The number of carbonyl (C=O) groups excluding carboxylic acids is 1. The van der Waals surface area contributed by atoms with E-state index >= 15 is 0 Å². The maximum atomic E-state index is 11.6. The lowest BCUT2D eigenvalue weighted by Gasteiger charge is -2.36. The molecule has 0 amide bonds. The molecule has 7 heteroatoms. The quantitative estimate of drug-likeness (QED) is 0.473. The van der Waals surface area contributed by atoms with Crippen LogP contribution in [0, 0.1) is 6.92 Å². The van der Waals surface area contributed by atoms with Crippen LogP contribution in [0.5, 0.6) is 11.5 Å². The summed E-state index contributed by atoms with van der Waals surface area (Å²) in [7, 11) is 1.06. The van der Waals surface area contributed by atoms with Crippen LogP contribution >= 0.6 is 0 Å². The van der Waals surface area contributed by atoms with E-state index < -0.39 is 8.32 Å². The monoisotopic (exact) mass is 416 g/mol. The molecule has 158 valence electrons. The second-order valence-corrected chi connectivity index (χ2v) is 13.3. The molecule has 1 aromatic carbocycles.